The van der Waals surface area contributed by atoms with Crippen LogP contribution in [0.15, 0.2) is 24.3 Å². The van der Waals surface area contributed by atoms with Gasteiger partial charge in [0, 0.05) is 24.4 Å². The normalized spacial score (nSPS) is 19.8. The number of hydrogen-bond acceptors (Lipinski definition) is 4. The summed E-state index contributed by atoms with van der Waals surface area (Å²) in [5, 5.41) is 0.946. The number of amides is 1. The quantitative estimate of drug-likeness (QED) is 0.788. The Kier molecular flexibility index (Phi) is 2.65. The van der Waals surface area contributed by atoms with Crippen LogP contribution in [-0.2, 0) is 4.79 Å². The summed E-state index contributed by atoms with van der Waals surface area (Å²) in [7, 11) is 0. The number of para-hydroxylation sites is 1. The lowest BCUT2D eigenvalue weighted by atomic mass is 10.2. The molecule has 5 nitrogen and oxygen atoms in total. The molecule has 92 valence electrons. The Labute approximate surface area is 109 Å². The molecule has 18 heavy (non-hydrogen) atoms. The van der Waals surface area contributed by atoms with E-state index in [0.717, 1.165) is 10.9 Å². The maximum Gasteiger partial charge on any atom is 0.229 e. The number of fused-ring (bicyclic) bond motifs is 1. The van der Waals surface area contributed by atoms with Gasteiger partial charge in [0.25, 0.3) is 0 Å². The van der Waals surface area contributed by atoms with Crippen LogP contribution >= 0.6 is 11.6 Å². The minimum absolute atomic E-state index is 0.0255. The number of aromatic nitrogens is 2. The molecule has 0 aliphatic carbocycles. The summed E-state index contributed by atoms with van der Waals surface area (Å²) in [6.45, 7) is 0.468. The van der Waals surface area contributed by atoms with Crippen molar-refractivity contribution in [1.82, 2.24) is 9.97 Å². The first kappa shape index (κ1) is 11.4. The lowest BCUT2D eigenvalue weighted by Gasteiger charge is -2.16. The lowest BCUT2D eigenvalue weighted by Crippen LogP contribution is -2.29. The number of halogens is 1. The number of benzene rings is 1. The second kappa shape index (κ2) is 4.19. The molecule has 0 saturated carbocycles. The van der Waals surface area contributed by atoms with Crippen molar-refractivity contribution in [2.75, 3.05) is 11.4 Å². The van der Waals surface area contributed by atoms with Crippen molar-refractivity contribution >= 4 is 34.2 Å². The van der Waals surface area contributed by atoms with Gasteiger partial charge in [0.2, 0.25) is 11.2 Å². The Balaban J connectivity index is 2.19. The molecule has 1 fully saturated rings. The minimum Gasteiger partial charge on any atom is -0.326 e. The number of carbonyl (C=O) groups is 1. The van der Waals surface area contributed by atoms with Gasteiger partial charge < -0.3 is 5.73 Å². The van der Waals surface area contributed by atoms with E-state index in [1.54, 1.807) is 4.90 Å². The van der Waals surface area contributed by atoms with Crippen LogP contribution in [0.2, 0.25) is 5.28 Å². The van der Waals surface area contributed by atoms with Crippen LogP contribution in [0.3, 0.4) is 0 Å². The third kappa shape index (κ3) is 1.81. The largest absolute Gasteiger partial charge is 0.326 e. The summed E-state index contributed by atoms with van der Waals surface area (Å²) in [5.74, 6) is 0.519. The van der Waals surface area contributed by atoms with Crippen molar-refractivity contribution in [3.05, 3.63) is 29.5 Å². The Hall–Kier alpha value is -1.72. The minimum atomic E-state index is -0.148. The van der Waals surface area contributed by atoms with Crippen molar-refractivity contribution < 1.29 is 4.79 Å². The van der Waals surface area contributed by atoms with Crippen LogP contribution in [0.5, 0.6) is 0 Å². The maximum atomic E-state index is 11.9. The molecule has 2 aromatic rings. The second-order valence-corrected chi connectivity index (χ2v) is 4.64. The highest BCUT2D eigenvalue weighted by molar-refractivity contribution is 6.29. The van der Waals surface area contributed by atoms with Crippen LogP contribution in [0, 0.1) is 0 Å². The first-order valence-electron chi connectivity index (χ1n) is 5.63. The van der Waals surface area contributed by atoms with Crippen molar-refractivity contribution in [2.45, 2.75) is 12.5 Å². The van der Waals surface area contributed by atoms with E-state index in [4.69, 9.17) is 17.3 Å². The van der Waals surface area contributed by atoms with Gasteiger partial charge in [-0.1, -0.05) is 12.1 Å². The molecule has 1 atom stereocenters. The number of rotatable bonds is 1. The van der Waals surface area contributed by atoms with Crippen molar-refractivity contribution in [3.63, 3.8) is 0 Å². The zero-order valence-corrected chi connectivity index (χ0v) is 10.3. The fraction of sp³-hybridized carbons (Fsp3) is 0.250. The van der Waals surface area contributed by atoms with Crippen LogP contribution in [0.4, 0.5) is 5.82 Å². The summed E-state index contributed by atoms with van der Waals surface area (Å²) in [6.07, 6.45) is 0.343. The molecule has 0 radical (unpaired) electrons. The number of anilines is 1. The van der Waals surface area contributed by atoms with E-state index >= 15 is 0 Å². The van der Waals surface area contributed by atoms with Crippen LogP contribution in [-0.4, -0.2) is 28.5 Å². The molecule has 2 N–H and O–H groups in total. The fourth-order valence-electron chi connectivity index (χ4n) is 2.18. The van der Waals surface area contributed by atoms with E-state index in [0.29, 0.717) is 18.8 Å². The van der Waals surface area contributed by atoms with E-state index in [1.807, 2.05) is 24.3 Å². The fourth-order valence-corrected chi connectivity index (χ4v) is 2.35. The van der Waals surface area contributed by atoms with Crippen molar-refractivity contribution in [3.8, 4) is 0 Å². The average Bonchev–Trinajstić information content (AvgIpc) is 2.67. The first-order chi connectivity index (χ1) is 8.65. The van der Waals surface area contributed by atoms with E-state index in [2.05, 4.69) is 9.97 Å². The highest BCUT2D eigenvalue weighted by Gasteiger charge is 2.30. The molecule has 3 rings (SSSR count). The Morgan fingerprint density at radius 1 is 1.33 bits per heavy atom. The van der Waals surface area contributed by atoms with E-state index in [1.165, 1.54) is 0 Å². The topological polar surface area (TPSA) is 72.1 Å². The van der Waals surface area contributed by atoms with Gasteiger partial charge >= 0.3 is 0 Å². The summed E-state index contributed by atoms with van der Waals surface area (Å²) < 4.78 is 0. The van der Waals surface area contributed by atoms with Gasteiger partial charge in [0.1, 0.15) is 5.82 Å². The van der Waals surface area contributed by atoms with Gasteiger partial charge in [0.15, 0.2) is 0 Å². The monoisotopic (exact) mass is 262 g/mol. The number of hydrogen-bond donors (Lipinski definition) is 1. The molecule has 1 aliphatic heterocycles. The molecule has 0 bridgehead atoms. The van der Waals surface area contributed by atoms with Crippen LogP contribution in [0.1, 0.15) is 6.42 Å². The second-order valence-electron chi connectivity index (χ2n) is 4.30. The SMILES string of the molecule is NC1CC(=O)N(c2nc(Cl)nc3ccccc23)C1. The van der Waals surface area contributed by atoms with E-state index < -0.39 is 0 Å². The predicted octanol–water partition coefficient (Wildman–Crippen LogP) is 1.35. The summed E-state index contributed by atoms with van der Waals surface area (Å²) >= 11 is 5.89. The standard InChI is InChI=1S/C12H11ClN4O/c13-12-15-9-4-2-1-3-8(9)11(16-12)17-6-7(14)5-10(17)18/h1-4,7H,5-6,14H2. The summed E-state index contributed by atoms with van der Waals surface area (Å²) in [4.78, 5) is 21.8. The van der Waals surface area contributed by atoms with Gasteiger partial charge in [-0.05, 0) is 23.7 Å². The highest BCUT2D eigenvalue weighted by atomic mass is 35.5. The van der Waals surface area contributed by atoms with E-state index in [-0.39, 0.29) is 17.2 Å². The third-order valence-electron chi connectivity index (χ3n) is 2.97. The molecule has 1 aliphatic rings. The smallest absolute Gasteiger partial charge is 0.229 e. The van der Waals surface area contributed by atoms with Gasteiger partial charge in [-0.25, -0.2) is 4.98 Å². The number of nitrogens with zero attached hydrogens (tertiary/aromatic N) is 3. The molecule has 2 heterocycles. The number of nitrogens with two attached hydrogens (primary N) is 1. The van der Waals surface area contributed by atoms with E-state index in [9.17, 15) is 4.79 Å². The molecular weight excluding hydrogens is 252 g/mol. The number of carbonyl (C=O) groups excluding carboxylic acids is 1. The molecule has 1 amide bonds. The predicted molar refractivity (Wildman–Crippen MR) is 69.5 cm³/mol. The van der Waals surface area contributed by atoms with Gasteiger partial charge in [0.05, 0.1) is 5.52 Å². The lowest BCUT2D eigenvalue weighted by molar-refractivity contribution is -0.117. The third-order valence-corrected chi connectivity index (χ3v) is 3.14. The zero-order valence-electron chi connectivity index (χ0n) is 9.51. The maximum absolute atomic E-state index is 11.9. The highest BCUT2D eigenvalue weighted by Crippen LogP contribution is 2.28. The Morgan fingerprint density at radius 3 is 2.83 bits per heavy atom. The molecule has 0 spiro atoms. The zero-order chi connectivity index (χ0) is 12.7. The van der Waals surface area contributed by atoms with Gasteiger partial charge in [-0.2, -0.15) is 4.98 Å². The summed E-state index contributed by atoms with van der Waals surface area (Å²) in [5.41, 5.74) is 6.52. The van der Waals surface area contributed by atoms with Crippen LogP contribution in [0.25, 0.3) is 10.9 Å². The van der Waals surface area contributed by atoms with Crippen molar-refractivity contribution in [2.24, 2.45) is 5.73 Å². The molecule has 1 aromatic heterocycles. The molecule has 1 aromatic carbocycles. The van der Waals surface area contributed by atoms with Crippen LogP contribution < -0.4 is 10.6 Å². The average molecular weight is 263 g/mol. The van der Waals surface area contributed by atoms with Crippen molar-refractivity contribution in [1.29, 1.82) is 0 Å². The van der Waals surface area contributed by atoms with Gasteiger partial charge in [-0.15, -0.1) is 0 Å². The molecular formula is C12H11ClN4O. The summed E-state index contributed by atoms with van der Waals surface area (Å²) in [6, 6.07) is 7.31. The molecule has 1 saturated heterocycles. The Morgan fingerprint density at radius 2 is 2.11 bits per heavy atom. The molecule has 6 heteroatoms. The van der Waals surface area contributed by atoms with Gasteiger partial charge in [-0.3, -0.25) is 9.69 Å². The molecule has 1 unspecified atom stereocenters. The first-order valence-corrected chi connectivity index (χ1v) is 6.01. The Bertz CT molecular complexity index is 631.